The van der Waals surface area contributed by atoms with Crippen LogP contribution in [-0.2, 0) is 6.54 Å². The number of aromatic nitrogens is 2. The maximum absolute atomic E-state index is 12.2. The summed E-state index contributed by atoms with van der Waals surface area (Å²) in [5.41, 5.74) is 0.331. The van der Waals surface area contributed by atoms with Gasteiger partial charge in [0.15, 0.2) is 5.78 Å². The zero-order valence-corrected chi connectivity index (χ0v) is 12.3. The van der Waals surface area contributed by atoms with E-state index in [0.29, 0.717) is 22.4 Å². The fourth-order valence-electron chi connectivity index (χ4n) is 2.26. The first-order chi connectivity index (χ1) is 10.1. The Hall–Kier alpha value is -2.01. The largest absolute Gasteiger partial charge is 0.495 e. The van der Waals surface area contributed by atoms with Gasteiger partial charge in [-0.25, -0.2) is 4.79 Å². The molecule has 1 aliphatic carbocycles. The van der Waals surface area contributed by atoms with Crippen molar-refractivity contribution in [2.45, 2.75) is 25.4 Å². The number of nitrogens with zero attached hydrogens (tertiary/aromatic N) is 2. The summed E-state index contributed by atoms with van der Waals surface area (Å²) in [4.78, 5) is 24.4. The van der Waals surface area contributed by atoms with Crippen molar-refractivity contribution in [3.05, 3.63) is 51.7 Å². The number of carbonyl (C=O) groups is 1. The van der Waals surface area contributed by atoms with E-state index >= 15 is 0 Å². The molecule has 0 N–H and O–H groups in total. The van der Waals surface area contributed by atoms with Gasteiger partial charge in [0.05, 0.1) is 18.7 Å². The predicted octanol–water partition coefficient (Wildman–Crippen LogP) is 2.53. The van der Waals surface area contributed by atoms with Crippen LogP contribution in [0.2, 0.25) is 5.02 Å². The van der Waals surface area contributed by atoms with E-state index in [1.54, 1.807) is 35.2 Å². The molecule has 1 saturated carbocycles. The molecular formula is C15H15ClN2O3. The van der Waals surface area contributed by atoms with E-state index in [9.17, 15) is 9.59 Å². The van der Waals surface area contributed by atoms with Gasteiger partial charge in [-0.15, -0.1) is 0 Å². The molecule has 5 nitrogen and oxygen atoms in total. The second-order valence-electron chi connectivity index (χ2n) is 5.12. The Morgan fingerprint density at radius 1 is 1.38 bits per heavy atom. The lowest BCUT2D eigenvalue weighted by Gasteiger charge is -2.06. The number of ether oxygens (including phenoxy) is 1. The smallest absolute Gasteiger partial charge is 0.328 e. The van der Waals surface area contributed by atoms with Gasteiger partial charge < -0.3 is 4.74 Å². The van der Waals surface area contributed by atoms with Gasteiger partial charge >= 0.3 is 5.69 Å². The molecule has 1 aromatic carbocycles. The maximum atomic E-state index is 12.2. The van der Waals surface area contributed by atoms with E-state index in [4.69, 9.17) is 16.3 Å². The Morgan fingerprint density at radius 3 is 2.76 bits per heavy atom. The second-order valence-corrected chi connectivity index (χ2v) is 5.53. The van der Waals surface area contributed by atoms with Crippen LogP contribution < -0.4 is 10.4 Å². The van der Waals surface area contributed by atoms with Crippen molar-refractivity contribution >= 4 is 17.4 Å². The summed E-state index contributed by atoms with van der Waals surface area (Å²) in [5.74, 6) is 0.362. The Kier molecular flexibility index (Phi) is 3.59. The lowest BCUT2D eigenvalue weighted by atomic mass is 10.1. The van der Waals surface area contributed by atoms with Crippen LogP contribution in [0, 0.1) is 0 Å². The highest BCUT2D eigenvalue weighted by atomic mass is 35.5. The van der Waals surface area contributed by atoms with Crippen molar-refractivity contribution < 1.29 is 9.53 Å². The molecule has 0 radical (unpaired) electrons. The van der Waals surface area contributed by atoms with Crippen molar-refractivity contribution in [3.8, 4) is 5.75 Å². The van der Waals surface area contributed by atoms with Gasteiger partial charge in [0.1, 0.15) is 5.75 Å². The lowest BCUT2D eigenvalue weighted by molar-refractivity contribution is 0.0970. The van der Waals surface area contributed by atoms with Gasteiger partial charge in [-0.05, 0) is 31.0 Å². The van der Waals surface area contributed by atoms with E-state index in [0.717, 1.165) is 12.8 Å². The molecule has 0 unspecified atom stereocenters. The number of hydrogen-bond acceptors (Lipinski definition) is 3. The summed E-state index contributed by atoms with van der Waals surface area (Å²) in [6, 6.07) is 5.17. The average Bonchev–Trinajstić information content (AvgIpc) is 3.25. The van der Waals surface area contributed by atoms with Crippen LogP contribution in [0.3, 0.4) is 0 Å². The highest BCUT2D eigenvalue weighted by Gasteiger charge is 2.25. The number of hydrogen-bond donors (Lipinski definition) is 0. The van der Waals surface area contributed by atoms with Gasteiger partial charge in [0.25, 0.3) is 0 Å². The van der Waals surface area contributed by atoms with E-state index in [2.05, 4.69) is 0 Å². The molecule has 1 fully saturated rings. The van der Waals surface area contributed by atoms with E-state index in [1.165, 1.54) is 11.7 Å². The van der Waals surface area contributed by atoms with Crippen molar-refractivity contribution in [2.75, 3.05) is 7.11 Å². The number of methoxy groups -OCH3 is 1. The van der Waals surface area contributed by atoms with Gasteiger partial charge in [0, 0.05) is 24.0 Å². The Morgan fingerprint density at radius 2 is 2.14 bits per heavy atom. The quantitative estimate of drug-likeness (QED) is 0.798. The molecule has 21 heavy (non-hydrogen) atoms. The summed E-state index contributed by atoms with van der Waals surface area (Å²) in [7, 11) is 1.52. The SMILES string of the molecule is COc1ccc(C(=O)Cn2ccn(C3CC3)c2=O)cc1Cl. The molecule has 0 bridgehead atoms. The highest BCUT2D eigenvalue weighted by molar-refractivity contribution is 6.32. The summed E-state index contributed by atoms with van der Waals surface area (Å²) in [6.45, 7) is 0.0151. The molecule has 1 heterocycles. The third-order valence-corrected chi connectivity index (χ3v) is 3.90. The summed E-state index contributed by atoms with van der Waals surface area (Å²) in [6.07, 6.45) is 5.47. The van der Waals surface area contributed by atoms with E-state index < -0.39 is 0 Å². The maximum Gasteiger partial charge on any atom is 0.328 e. The number of imidazole rings is 1. The van der Waals surface area contributed by atoms with Crippen LogP contribution in [0.15, 0.2) is 35.4 Å². The third kappa shape index (κ3) is 2.74. The second kappa shape index (κ2) is 5.41. The minimum absolute atomic E-state index is 0.0151. The molecule has 0 aliphatic heterocycles. The summed E-state index contributed by atoms with van der Waals surface area (Å²) >= 11 is 6.01. The normalized spacial score (nSPS) is 14.2. The molecular weight excluding hydrogens is 292 g/mol. The Labute approximate surface area is 126 Å². The van der Waals surface area contributed by atoms with Gasteiger partial charge in [-0.3, -0.25) is 13.9 Å². The topological polar surface area (TPSA) is 53.2 Å². The average molecular weight is 307 g/mol. The molecule has 6 heteroatoms. The fourth-order valence-corrected chi connectivity index (χ4v) is 2.52. The molecule has 1 aromatic heterocycles. The standard InChI is InChI=1S/C15H15ClN2O3/c1-21-14-5-2-10(8-12(14)16)13(19)9-17-6-7-18(15(17)20)11-3-4-11/h2,5-8,11H,3-4,9H2,1H3. The van der Waals surface area contributed by atoms with Crippen molar-refractivity contribution in [1.82, 2.24) is 9.13 Å². The van der Waals surface area contributed by atoms with Gasteiger partial charge in [-0.2, -0.15) is 0 Å². The van der Waals surface area contributed by atoms with Crippen LogP contribution in [0.25, 0.3) is 0 Å². The third-order valence-electron chi connectivity index (χ3n) is 3.60. The zero-order chi connectivity index (χ0) is 15.0. The highest BCUT2D eigenvalue weighted by Crippen LogP contribution is 2.33. The molecule has 3 rings (SSSR count). The predicted molar refractivity (Wildman–Crippen MR) is 79.3 cm³/mol. The first-order valence-electron chi connectivity index (χ1n) is 6.74. The molecule has 0 spiro atoms. The minimum Gasteiger partial charge on any atom is -0.495 e. The number of halogens is 1. The first kappa shape index (κ1) is 13.9. The number of carbonyl (C=O) groups excluding carboxylic acids is 1. The van der Waals surface area contributed by atoms with Crippen molar-refractivity contribution in [1.29, 1.82) is 0 Å². The molecule has 0 amide bonds. The first-order valence-corrected chi connectivity index (χ1v) is 7.12. The van der Waals surface area contributed by atoms with Crippen molar-refractivity contribution in [3.63, 3.8) is 0 Å². The van der Waals surface area contributed by atoms with Gasteiger partial charge in [0.2, 0.25) is 0 Å². The minimum atomic E-state index is -0.157. The van der Waals surface area contributed by atoms with Crippen LogP contribution in [-0.4, -0.2) is 22.0 Å². The van der Waals surface area contributed by atoms with Crippen molar-refractivity contribution in [2.24, 2.45) is 0 Å². The van der Waals surface area contributed by atoms with Crippen LogP contribution in [0.4, 0.5) is 0 Å². The fraction of sp³-hybridized carbons (Fsp3) is 0.333. The van der Waals surface area contributed by atoms with Crippen LogP contribution >= 0.6 is 11.6 Å². The molecule has 2 aromatic rings. The molecule has 0 saturated heterocycles. The number of ketones is 1. The molecule has 0 atom stereocenters. The van der Waals surface area contributed by atoms with E-state index in [1.807, 2.05) is 0 Å². The van der Waals surface area contributed by atoms with Crippen LogP contribution in [0.5, 0.6) is 5.75 Å². The van der Waals surface area contributed by atoms with E-state index in [-0.39, 0.29) is 18.0 Å². The molecule has 1 aliphatic rings. The zero-order valence-electron chi connectivity index (χ0n) is 11.6. The lowest BCUT2D eigenvalue weighted by Crippen LogP contribution is -2.26. The number of Topliss-reactive ketones (excluding diaryl/α,β-unsaturated/α-hetero) is 1. The van der Waals surface area contributed by atoms with Crippen LogP contribution in [0.1, 0.15) is 29.2 Å². The summed E-state index contributed by atoms with van der Waals surface area (Å²) < 4.78 is 8.17. The molecule has 110 valence electrons. The number of rotatable bonds is 5. The summed E-state index contributed by atoms with van der Waals surface area (Å²) in [5, 5.41) is 0.381. The Bertz CT molecular complexity index is 744. The monoisotopic (exact) mass is 306 g/mol. The Balaban J connectivity index is 1.80. The number of benzene rings is 1. The van der Waals surface area contributed by atoms with Gasteiger partial charge in [-0.1, -0.05) is 11.6 Å².